The maximum absolute atomic E-state index is 9.32. The number of benzene rings is 1. The molecule has 0 aliphatic carbocycles. The largest absolute Gasteiger partial charge is 0.497 e. The van der Waals surface area contributed by atoms with Crippen LogP contribution in [0, 0.1) is 5.92 Å². The molecule has 0 bridgehead atoms. The molecular weight excluding hydrogens is 660 g/mol. The van der Waals surface area contributed by atoms with Gasteiger partial charge in [-0.15, -0.1) is 0 Å². The summed E-state index contributed by atoms with van der Waals surface area (Å²) in [4.78, 5) is 0. The molecule has 1 aromatic rings. The number of hydrogen-bond acceptors (Lipinski definition) is 9. The number of hydrogen-bond donors (Lipinski definition) is 1. The molecule has 3 heterocycles. The smallest absolute Gasteiger partial charge is 0.158 e. The van der Waals surface area contributed by atoms with Crippen molar-refractivity contribution in [2.75, 3.05) is 40.8 Å². The Hall–Kier alpha value is -2.60. The van der Waals surface area contributed by atoms with Gasteiger partial charge < -0.3 is 43.0 Å². The van der Waals surface area contributed by atoms with Crippen LogP contribution < -0.4 is 4.74 Å². The van der Waals surface area contributed by atoms with E-state index in [9.17, 15) is 5.11 Å². The maximum atomic E-state index is 9.32. The molecule has 3 aliphatic heterocycles. The lowest BCUT2D eigenvalue weighted by molar-refractivity contribution is -0.206. The Balaban J connectivity index is 1.43. The minimum absolute atomic E-state index is 0.00142. The van der Waals surface area contributed by atoms with Crippen LogP contribution in [0.2, 0.25) is 0 Å². The van der Waals surface area contributed by atoms with Crippen LogP contribution in [0.4, 0.5) is 0 Å². The number of ether oxygens (including phenoxy) is 8. The topological polar surface area (TPSA) is 94.1 Å². The average Bonchev–Trinajstić information content (AvgIpc) is 3.14. The van der Waals surface area contributed by atoms with Crippen molar-refractivity contribution in [2.24, 2.45) is 5.92 Å². The van der Waals surface area contributed by atoms with Gasteiger partial charge in [-0.1, -0.05) is 79.3 Å². The zero-order chi connectivity index (χ0) is 37.0. The van der Waals surface area contributed by atoms with Crippen molar-refractivity contribution in [3.05, 3.63) is 90.1 Å². The zero-order valence-electron chi connectivity index (χ0n) is 32.0. The standard InChI is InChI=1S/C43H64O9/c1-32-22-25-47-39(27-32)19-20-41(49-30-35-15-17-36(46-5)18-16-35)42(52-43-14-6-7-24-48-43)13-9-11-38(50-31-45-4)28-33(2)26-34(3)29-40-12-8-10-37(51-40)21-23-44/h8-11,15-20,22,34,37-44H,2,6-7,12-14,21,23-31H2,1,3-5H3/b11-9+,20-19+/t34-,37-,38+,39+,40-,41-,42-,43?/m0/s1. The Morgan fingerprint density at radius 1 is 1.08 bits per heavy atom. The second-order valence-corrected chi connectivity index (χ2v) is 14.4. The number of rotatable bonds is 23. The summed E-state index contributed by atoms with van der Waals surface area (Å²) in [5.74, 6) is 1.21. The molecule has 290 valence electrons. The first-order valence-electron chi connectivity index (χ1n) is 19.2. The number of aliphatic hydroxyl groups is 1. The van der Waals surface area contributed by atoms with Gasteiger partial charge in [-0.2, -0.15) is 0 Å². The molecule has 9 heteroatoms. The van der Waals surface area contributed by atoms with E-state index in [1.807, 2.05) is 24.3 Å². The van der Waals surface area contributed by atoms with Crippen LogP contribution in [0.3, 0.4) is 0 Å². The highest BCUT2D eigenvalue weighted by Crippen LogP contribution is 2.27. The molecule has 1 unspecified atom stereocenters. The molecule has 8 atom stereocenters. The summed E-state index contributed by atoms with van der Waals surface area (Å²) in [6.45, 7) is 10.9. The molecule has 1 fully saturated rings. The molecule has 1 saturated heterocycles. The predicted octanol–water partition coefficient (Wildman–Crippen LogP) is 8.18. The molecular formula is C43H64O9. The van der Waals surface area contributed by atoms with Crippen molar-refractivity contribution in [3.63, 3.8) is 0 Å². The first-order valence-corrected chi connectivity index (χ1v) is 19.2. The lowest BCUT2D eigenvalue weighted by Crippen LogP contribution is -2.36. The molecule has 52 heavy (non-hydrogen) atoms. The normalized spacial score (nSPS) is 24.8. The monoisotopic (exact) mass is 724 g/mol. The van der Waals surface area contributed by atoms with Crippen molar-refractivity contribution in [3.8, 4) is 5.75 Å². The lowest BCUT2D eigenvalue weighted by Gasteiger charge is -2.31. The molecule has 3 aliphatic rings. The van der Waals surface area contributed by atoms with E-state index in [-0.39, 0.29) is 56.3 Å². The lowest BCUT2D eigenvalue weighted by atomic mass is 9.91. The van der Waals surface area contributed by atoms with E-state index in [0.717, 1.165) is 61.8 Å². The van der Waals surface area contributed by atoms with Crippen LogP contribution in [0.1, 0.15) is 83.6 Å². The number of methoxy groups -OCH3 is 2. The van der Waals surface area contributed by atoms with Gasteiger partial charge >= 0.3 is 0 Å². The third kappa shape index (κ3) is 15.8. The van der Waals surface area contributed by atoms with Crippen LogP contribution in [0.25, 0.3) is 0 Å². The van der Waals surface area contributed by atoms with Crippen LogP contribution in [0.15, 0.2) is 84.5 Å². The van der Waals surface area contributed by atoms with Crippen molar-refractivity contribution in [1.82, 2.24) is 0 Å². The van der Waals surface area contributed by atoms with Crippen LogP contribution in [-0.4, -0.2) is 88.9 Å². The van der Waals surface area contributed by atoms with Gasteiger partial charge in [-0.3, -0.25) is 0 Å². The molecule has 9 nitrogen and oxygen atoms in total. The first-order chi connectivity index (χ1) is 25.3. The fraction of sp³-hybridized carbons (Fsp3) is 0.628. The molecule has 1 N–H and O–H groups in total. The SMILES string of the molecule is C=C(C[C@H](C)C[C@@H]1CC=C[C@@H](CCO)O1)C[C@@H](/C=C/C[C@H](OC1CCCCO1)[C@H](/C=C/[C@@H]1CC(C)=CCO1)OCc1ccc(OC)cc1)OCOC. The fourth-order valence-electron chi connectivity index (χ4n) is 6.88. The van der Waals surface area contributed by atoms with Gasteiger partial charge in [0, 0.05) is 26.7 Å². The Kier molecular flexibility index (Phi) is 19.4. The van der Waals surface area contributed by atoms with Gasteiger partial charge in [-0.25, -0.2) is 0 Å². The maximum Gasteiger partial charge on any atom is 0.158 e. The summed E-state index contributed by atoms with van der Waals surface area (Å²) in [5.41, 5.74) is 3.50. The van der Waals surface area contributed by atoms with Crippen molar-refractivity contribution < 1.29 is 43.0 Å². The van der Waals surface area contributed by atoms with E-state index in [2.05, 4.69) is 63.0 Å². The van der Waals surface area contributed by atoms with Crippen LogP contribution in [-0.2, 0) is 39.8 Å². The highest BCUT2D eigenvalue weighted by atomic mass is 16.7. The van der Waals surface area contributed by atoms with E-state index in [4.69, 9.17) is 37.9 Å². The Morgan fingerprint density at radius 2 is 1.92 bits per heavy atom. The van der Waals surface area contributed by atoms with Gasteiger partial charge in [-0.05, 0) is 88.3 Å². The van der Waals surface area contributed by atoms with E-state index in [0.29, 0.717) is 45.0 Å². The average molecular weight is 725 g/mol. The van der Waals surface area contributed by atoms with E-state index in [1.165, 1.54) is 5.57 Å². The number of aliphatic hydroxyl groups excluding tert-OH is 1. The molecule has 0 spiro atoms. The minimum atomic E-state index is -0.352. The van der Waals surface area contributed by atoms with Crippen LogP contribution in [0.5, 0.6) is 5.75 Å². The third-order valence-electron chi connectivity index (χ3n) is 9.66. The highest BCUT2D eigenvalue weighted by Gasteiger charge is 2.27. The zero-order valence-corrected chi connectivity index (χ0v) is 32.0. The summed E-state index contributed by atoms with van der Waals surface area (Å²) in [7, 11) is 3.31. The predicted molar refractivity (Wildman–Crippen MR) is 204 cm³/mol. The van der Waals surface area contributed by atoms with Crippen LogP contribution >= 0.6 is 0 Å². The van der Waals surface area contributed by atoms with Crippen molar-refractivity contribution in [1.29, 1.82) is 0 Å². The van der Waals surface area contributed by atoms with Crippen molar-refractivity contribution >= 4 is 0 Å². The summed E-state index contributed by atoms with van der Waals surface area (Å²) in [6.07, 6.45) is 22.3. The van der Waals surface area contributed by atoms with Gasteiger partial charge in [0.05, 0.1) is 50.8 Å². The Morgan fingerprint density at radius 3 is 2.65 bits per heavy atom. The summed E-state index contributed by atoms with van der Waals surface area (Å²) >= 11 is 0. The van der Waals surface area contributed by atoms with Gasteiger partial charge in [0.1, 0.15) is 18.6 Å². The van der Waals surface area contributed by atoms with E-state index < -0.39 is 0 Å². The van der Waals surface area contributed by atoms with Gasteiger partial charge in [0.25, 0.3) is 0 Å². The second-order valence-electron chi connectivity index (χ2n) is 14.4. The van der Waals surface area contributed by atoms with E-state index >= 15 is 0 Å². The Bertz CT molecular complexity index is 1270. The highest BCUT2D eigenvalue weighted by molar-refractivity contribution is 5.26. The molecule has 0 amide bonds. The van der Waals surface area contributed by atoms with E-state index in [1.54, 1.807) is 14.2 Å². The summed E-state index contributed by atoms with van der Waals surface area (Å²) in [6, 6.07) is 7.95. The Labute approximate surface area is 312 Å². The molecule has 0 aromatic heterocycles. The first kappa shape index (κ1) is 42.1. The molecule has 0 saturated carbocycles. The molecule has 0 radical (unpaired) electrons. The second kappa shape index (κ2) is 23.9. The quantitative estimate of drug-likeness (QED) is 0.0886. The van der Waals surface area contributed by atoms with Gasteiger partial charge in [0.2, 0.25) is 0 Å². The third-order valence-corrected chi connectivity index (χ3v) is 9.66. The fourth-order valence-corrected chi connectivity index (χ4v) is 6.88. The minimum Gasteiger partial charge on any atom is -0.497 e. The molecule has 4 rings (SSSR count). The summed E-state index contributed by atoms with van der Waals surface area (Å²) in [5, 5.41) is 9.32. The summed E-state index contributed by atoms with van der Waals surface area (Å²) < 4.78 is 48.4. The van der Waals surface area contributed by atoms with Crippen molar-refractivity contribution in [2.45, 2.75) is 128 Å². The molecule has 1 aromatic carbocycles. The van der Waals surface area contributed by atoms with Gasteiger partial charge in [0.15, 0.2) is 6.29 Å².